The Hall–Kier alpha value is -2.50. The number of aryl methyl sites for hydroxylation is 1. The maximum Gasteiger partial charge on any atom is 0.228 e. The predicted octanol–water partition coefficient (Wildman–Crippen LogP) is 1.53. The van der Waals surface area contributed by atoms with Crippen LogP contribution in [0.3, 0.4) is 0 Å². The fraction of sp³-hybridized carbons (Fsp3) is 0.444. The van der Waals surface area contributed by atoms with Gasteiger partial charge in [0, 0.05) is 56.9 Å². The summed E-state index contributed by atoms with van der Waals surface area (Å²) in [5.41, 5.74) is 2.22. The van der Waals surface area contributed by atoms with Crippen molar-refractivity contribution in [2.45, 2.75) is 19.9 Å². The second-order valence-electron chi connectivity index (χ2n) is 6.60. The van der Waals surface area contributed by atoms with Crippen molar-refractivity contribution in [3.8, 4) is 0 Å². The number of amides is 1. The molecule has 0 aliphatic carbocycles. The normalized spacial score (nSPS) is 23.0. The topological polar surface area (TPSA) is 62.2 Å². The zero-order valence-corrected chi connectivity index (χ0v) is 13.8. The highest BCUT2D eigenvalue weighted by molar-refractivity contribution is 5.83. The molecule has 0 spiro atoms. The second-order valence-corrected chi connectivity index (χ2v) is 6.60. The maximum atomic E-state index is 12.7. The summed E-state index contributed by atoms with van der Waals surface area (Å²) in [5.74, 6) is 1.42. The number of fused-ring (bicyclic) bond motifs is 1. The van der Waals surface area contributed by atoms with Crippen molar-refractivity contribution in [3.05, 3.63) is 48.0 Å². The van der Waals surface area contributed by atoms with E-state index < -0.39 is 0 Å². The molecule has 6 nitrogen and oxygen atoms in total. The molecule has 0 bridgehead atoms. The van der Waals surface area contributed by atoms with E-state index in [1.165, 1.54) is 0 Å². The van der Waals surface area contributed by atoms with E-state index in [1.807, 2.05) is 35.6 Å². The quantitative estimate of drug-likeness (QED) is 0.854. The Bertz CT molecular complexity index is 718. The van der Waals surface area contributed by atoms with E-state index in [9.17, 15) is 4.79 Å². The number of hydrogen-bond donors (Lipinski definition) is 0. The Balaban J connectivity index is 1.42. The molecule has 2 aliphatic heterocycles. The van der Waals surface area contributed by atoms with E-state index in [0.717, 1.165) is 43.1 Å². The molecule has 2 atom stereocenters. The highest BCUT2D eigenvalue weighted by Crippen LogP contribution is 2.34. The highest BCUT2D eigenvalue weighted by Gasteiger charge is 2.46. The number of carbonyl (C=O) groups excluding carboxylic acids is 1. The molecule has 124 valence electrons. The lowest BCUT2D eigenvalue weighted by molar-refractivity contribution is -0.131. The third kappa shape index (κ3) is 2.72. The van der Waals surface area contributed by atoms with Gasteiger partial charge in [-0.1, -0.05) is 13.0 Å². The summed E-state index contributed by atoms with van der Waals surface area (Å²) in [7, 11) is 0. The van der Waals surface area contributed by atoms with Crippen molar-refractivity contribution in [1.29, 1.82) is 0 Å². The molecule has 24 heavy (non-hydrogen) atoms. The third-order valence-corrected chi connectivity index (χ3v) is 5.00. The van der Waals surface area contributed by atoms with E-state index in [4.69, 9.17) is 0 Å². The van der Waals surface area contributed by atoms with Gasteiger partial charge in [-0.25, -0.2) is 9.97 Å². The molecule has 0 radical (unpaired) electrons. The van der Waals surface area contributed by atoms with Crippen LogP contribution in [0.25, 0.3) is 0 Å². The Morgan fingerprint density at radius 2 is 1.96 bits per heavy atom. The Kier molecular flexibility index (Phi) is 3.88. The van der Waals surface area contributed by atoms with Crippen LogP contribution in [0.4, 0.5) is 5.95 Å². The molecule has 6 heteroatoms. The van der Waals surface area contributed by atoms with Crippen molar-refractivity contribution in [2.75, 3.05) is 24.5 Å². The van der Waals surface area contributed by atoms with E-state index in [1.54, 1.807) is 6.20 Å². The molecule has 2 aromatic rings. The van der Waals surface area contributed by atoms with Crippen LogP contribution in [0, 0.1) is 11.8 Å². The van der Waals surface area contributed by atoms with Crippen LogP contribution in [0.5, 0.6) is 0 Å². The molecule has 0 saturated carbocycles. The molecule has 0 unspecified atom stereocenters. The lowest BCUT2D eigenvalue weighted by Crippen LogP contribution is -2.33. The van der Waals surface area contributed by atoms with Gasteiger partial charge in [0.1, 0.15) is 0 Å². The Labute approximate surface area is 141 Å². The number of hydrogen-bond acceptors (Lipinski definition) is 5. The summed E-state index contributed by atoms with van der Waals surface area (Å²) in [5, 5.41) is 0. The van der Waals surface area contributed by atoms with Crippen molar-refractivity contribution >= 4 is 11.9 Å². The summed E-state index contributed by atoms with van der Waals surface area (Å²) < 4.78 is 0. The summed E-state index contributed by atoms with van der Waals surface area (Å²) in [6, 6.07) is 3.93. The van der Waals surface area contributed by atoms with Crippen LogP contribution >= 0.6 is 0 Å². The largest absolute Gasteiger partial charge is 0.340 e. The first-order valence-electron chi connectivity index (χ1n) is 8.48. The first kappa shape index (κ1) is 15.1. The van der Waals surface area contributed by atoms with Gasteiger partial charge in [0.25, 0.3) is 0 Å². The van der Waals surface area contributed by atoms with Gasteiger partial charge >= 0.3 is 0 Å². The van der Waals surface area contributed by atoms with Gasteiger partial charge in [-0.15, -0.1) is 0 Å². The fourth-order valence-corrected chi connectivity index (χ4v) is 3.66. The zero-order chi connectivity index (χ0) is 16.5. The third-order valence-electron chi connectivity index (χ3n) is 5.00. The van der Waals surface area contributed by atoms with Crippen LogP contribution in [-0.4, -0.2) is 45.4 Å². The van der Waals surface area contributed by atoms with Crippen molar-refractivity contribution < 1.29 is 4.79 Å². The summed E-state index contributed by atoms with van der Waals surface area (Å²) in [4.78, 5) is 29.8. The van der Waals surface area contributed by atoms with E-state index in [0.29, 0.717) is 12.5 Å². The Morgan fingerprint density at radius 3 is 2.62 bits per heavy atom. The van der Waals surface area contributed by atoms with Crippen LogP contribution in [0.2, 0.25) is 0 Å². The highest BCUT2D eigenvalue weighted by atomic mass is 16.2. The SMILES string of the molecule is CCc1cnc(N2C[C@@H]3CN(Cc4cccnc4)C(=O)[C@@H]3C2)nc1. The average Bonchev–Trinajstić information content (AvgIpc) is 3.16. The fourth-order valence-electron chi connectivity index (χ4n) is 3.66. The second kappa shape index (κ2) is 6.19. The average molecular weight is 323 g/mol. The van der Waals surface area contributed by atoms with Crippen molar-refractivity contribution in [3.63, 3.8) is 0 Å². The Morgan fingerprint density at radius 1 is 1.12 bits per heavy atom. The maximum absolute atomic E-state index is 12.7. The lowest BCUT2D eigenvalue weighted by atomic mass is 10.0. The van der Waals surface area contributed by atoms with Crippen molar-refractivity contribution in [2.24, 2.45) is 11.8 Å². The van der Waals surface area contributed by atoms with E-state index in [2.05, 4.69) is 26.8 Å². The summed E-state index contributed by atoms with van der Waals surface area (Å²) in [6.07, 6.45) is 8.29. The first-order valence-corrected chi connectivity index (χ1v) is 8.48. The van der Waals surface area contributed by atoms with Gasteiger partial charge in [0.05, 0.1) is 5.92 Å². The summed E-state index contributed by atoms with van der Waals surface area (Å²) in [6.45, 7) is 5.13. The minimum atomic E-state index is 0.0659. The zero-order valence-electron chi connectivity index (χ0n) is 13.8. The molecule has 2 saturated heterocycles. The van der Waals surface area contributed by atoms with Gasteiger partial charge in [0.2, 0.25) is 11.9 Å². The lowest BCUT2D eigenvalue weighted by Gasteiger charge is -2.21. The van der Waals surface area contributed by atoms with Crippen molar-refractivity contribution in [1.82, 2.24) is 19.9 Å². The molecular weight excluding hydrogens is 302 g/mol. The predicted molar refractivity (Wildman–Crippen MR) is 90.3 cm³/mol. The van der Waals surface area contributed by atoms with Crippen LogP contribution in [-0.2, 0) is 17.8 Å². The number of anilines is 1. The molecule has 4 rings (SSSR count). The number of carbonyl (C=O) groups is 1. The van der Waals surface area contributed by atoms with Gasteiger partial charge in [-0.3, -0.25) is 9.78 Å². The standard InChI is InChI=1S/C18H21N5O/c1-2-13-7-20-18(21-8-13)23-11-15-10-22(17(24)16(15)12-23)9-14-4-3-5-19-6-14/h3-8,15-16H,2,9-12H2,1H3/t15-,16+/m0/s1. The molecule has 2 fully saturated rings. The molecule has 2 aromatic heterocycles. The van der Waals surface area contributed by atoms with Crippen LogP contribution in [0.1, 0.15) is 18.1 Å². The van der Waals surface area contributed by atoms with Gasteiger partial charge < -0.3 is 9.80 Å². The molecular formula is C18H21N5O. The van der Waals surface area contributed by atoms with Gasteiger partial charge in [-0.05, 0) is 23.6 Å². The molecule has 0 N–H and O–H groups in total. The first-order chi connectivity index (χ1) is 11.7. The monoisotopic (exact) mass is 323 g/mol. The number of rotatable bonds is 4. The molecule has 2 aliphatic rings. The number of nitrogens with zero attached hydrogens (tertiary/aromatic N) is 5. The van der Waals surface area contributed by atoms with Gasteiger partial charge in [0.15, 0.2) is 0 Å². The number of aromatic nitrogens is 3. The van der Waals surface area contributed by atoms with Crippen LogP contribution < -0.4 is 4.90 Å². The molecule has 1 amide bonds. The van der Waals surface area contributed by atoms with Gasteiger partial charge in [-0.2, -0.15) is 0 Å². The van der Waals surface area contributed by atoms with Crippen LogP contribution in [0.15, 0.2) is 36.9 Å². The number of likely N-dealkylation sites (tertiary alicyclic amines) is 1. The summed E-state index contributed by atoms with van der Waals surface area (Å²) >= 11 is 0. The smallest absolute Gasteiger partial charge is 0.228 e. The van der Waals surface area contributed by atoms with E-state index in [-0.39, 0.29) is 11.8 Å². The minimum absolute atomic E-state index is 0.0659. The minimum Gasteiger partial charge on any atom is -0.340 e. The molecule has 4 heterocycles. The number of pyridine rings is 1. The van der Waals surface area contributed by atoms with E-state index >= 15 is 0 Å². The molecule has 0 aromatic carbocycles.